The van der Waals surface area contributed by atoms with Crippen LogP contribution in [0, 0.1) is 0 Å². The molecule has 0 aromatic heterocycles. The molecule has 0 radical (unpaired) electrons. The zero-order chi connectivity index (χ0) is 11.0. The molecule has 0 aliphatic heterocycles. The Labute approximate surface area is 95.0 Å². The van der Waals surface area contributed by atoms with E-state index in [1.807, 2.05) is 24.3 Å². The standard InChI is InChI=1S/C14H15NO/c15-11-8-12(9-11)16-14-7-3-5-10-4-1-2-6-13(10)14/h1-7,11-12H,8-9,15H2. The Morgan fingerprint density at radius 3 is 2.56 bits per heavy atom. The van der Waals surface area contributed by atoms with E-state index < -0.39 is 0 Å². The van der Waals surface area contributed by atoms with E-state index in [4.69, 9.17) is 10.5 Å². The fourth-order valence-electron chi connectivity index (χ4n) is 2.18. The summed E-state index contributed by atoms with van der Waals surface area (Å²) in [6.07, 6.45) is 2.26. The van der Waals surface area contributed by atoms with Crippen LogP contribution in [0.3, 0.4) is 0 Å². The van der Waals surface area contributed by atoms with Gasteiger partial charge < -0.3 is 10.5 Å². The van der Waals surface area contributed by atoms with Gasteiger partial charge in [0, 0.05) is 11.4 Å². The van der Waals surface area contributed by atoms with Crippen molar-refractivity contribution in [2.45, 2.75) is 25.0 Å². The van der Waals surface area contributed by atoms with Gasteiger partial charge in [0.05, 0.1) is 0 Å². The first-order valence-corrected chi connectivity index (χ1v) is 5.73. The minimum atomic E-state index is 0.306. The third-order valence-electron chi connectivity index (χ3n) is 3.17. The Bertz CT molecular complexity index is 498. The summed E-state index contributed by atoms with van der Waals surface area (Å²) in [4.78, 5) is 0. The molecule has 2 nitrogen and oxygen atoms in total. The van der Waals surface area contributed by atoms with E-state index in [1.54, 1.807) is 0 Å². The van der Waals surface area contributed by atoms with Gasteiger partial charge in [0.1, 0.15) is 11.9 Å². The molecule has 0 unspecified atom stereocenters. The van der Waals surface area contributed by atoms with Crippen molar-refractivity contribution < 1.29 is 4.74 Å². The van der Waals surface area contributed by atoms with Gasteiger partial charge in [-0.1, -0.05) is 36.4 Å². The zero-order valence-electron chi connectivity index (χ0n) is 9.10. The van der Waals surface area contributed by atoms with Gasteiger partial charge in [0.15, 0.2) is 0 Å². The highest BCUT2D eigenvalue weighted by atomic mass is 16.5. The van der Waals surface area contributed by atoms with E-state index in [1.165, 1.54) is 10.8 Å². The minimum absolute atomic E-state index is 0.306. The highest BCUT2D eigenvalue weighted by Gasteiger charge is 2.27. The first-order chi connectivity index (χ1) is 7.83. The summed E-state index contributed by atoms with van der Waals surface area (Å²) in [5.41, 5.74) is 5.76. The highest BCUT2D eigenvalue weighted by Crippen LogP contribution is 2.30. The minimum Gasteiger partial charge on any atom is -0.490 e. The maximum absolute atomic E-state index is 5.95. The monoisotopic (exact) mass is 213 g/mol. The largest absolute Gasteiger partial charge is 0.490 e. The summed E-state index contributed by atoms with van der Waals surface area (Å²) in [6, 6.07) is 14.8. The Kier molecular flexibility index (Phi) is 2.29. The predicted octanol–water partition coefficient (Wildman–Crippen LogP) is 2.71. The molecule has 2 N–H and O–H groups in total. The van der Waals surface area contributed by atoms with Crippen molar-refractivity contribution in [1.29, 1.82) is 0 Å². The molecule has 0 bridgehead atoms. The number of hydrogen-bond donors (Lipinski definition) is 1. The molecule has 0 spiro atoms. The van der Waals surface area contributed by atoms with Gasteiger partial charge in [-0.15, -0.1) is 0 Å². The van der Waals surface area contributed by atoms with E-state index in [9.17, 15) is 0 Å². The molecule has 1 fully saturated rings. The van der Waals surface area contributed by atoms with Crippen LogP contribution < -0.4 is 10.5 Å². The summed E-state index contributed by atoms with van der Waals surface area (Å²) in [5, 5.41) is 2.41. The van der Waals surface area contributed by atoms with E-state index in [-0.39, 0.29) is 0 Å². The third kappa shape index (κ3) is 1.65. The molecular formula is C14H15NO. The Morgan fingerprint density at radius 2 is 1.75 bits per heavy atom. The van der Waals surface area contributed by atoms with Gasteiger partial charge in [0.2, 0.25) is 0 Å². The first kappa shape index (κ1) is 9.67. The predicted molar refractivity (Wildman–Crippen MR) is 65.6 cm³/mol. The topological polar surface area (TPSA) is 35.2 Å². The van der Waals surface area contributed by atoms with Crippen molar-refractivity contribution in [3.05, 3.63) is 42.5 Å². The summed E-state index contributed by atoms with van der Waals surface area (Å²) in [5.74, 6) is 0.981. The van der Waals surface area contributed by atoms with Crippen LogP contribution in [0.2, 0.25) is 0 Å². The van der Waals surface area contributed by atoms with Crippen LogP contribution in [0.4, 0.5) is 0 Å². The van der Waals surface area contributed by atoms with Gasteiger partial charge in [-0.2, -0.15) is 0 Å². The number of benzene rings is 2. The highest BCUT2D eigenvalue weighted by molar-refractivity contribution is 5.88. The van der Waals surface area contributed by atoms with Crippen molar-refractivity contribution in [2.24, 2.45) is 5.73 Å². The molecule has 16 heavy (non-hydrogen) atoms. The van der Waals surface area contributed by atoms with Crippen molar-refractivity contribution in [2.75, 3.05) is 0 Å². The average Bonchev–Trinajstić information content (AvgIpc) is 2.27. The van der Waals surface area contributed by atoms with Crippen LogP contribution in [-0.2, 0) is 0 Å². The van der Waals surface area contributed by atoms with Gasteiger partial charge in [-0.05, 0) is 24.3 Å². The van der Waals surface area contributed by atoms with Crippen molar-refractivity contribution >= 4 is 10.8 Å². The number of nitrogens with two attached hydrogens (primary N) is 1. The Balaban J connectivity index is 1.91. The summed E-state index contributed by atoms with van der Waals surface area (Å²) in [6.45, 7) is 0. The molecule has 2 heteroatoms. The van der Waals surface area contributed by atoms with E-state index in [0.29, 0.717) is 12.1 Å². The fourth-order valence-corrected chi connectivity index (χ4v) is 2.18. The lowest BCUT2D eigenvalue weighted by atomic mass is 9.90. The van der Waals surface area contributed by atoms with Gasteiger partial charge in [-0.3, -0.25) is 0 Å². The van der Waals surface area contributed by atoms with E-state index in [2.05, 4.69) is 18.2 Å². The molecule has 2 aromatic carbocycles. The molecule has 0 saturated heterocycles. The zero-order valence-corrected chi connectivity index (χ0v) is 9.10. The first-order valence-electron chi connectivity index (χ1n) is 5.73. The lowest BCUT2D eigenvalue weighted by molar-refractivity contribution is 0.103. The smallest absolute Gasteiger partial charge is 0.127 e. The molecule has 1 aliphatic carbocycles. The fraction of sp³-hybridized carbons (Fsp3) is 0.286. The van der Waals surface area contributed by atoms with Crippen molar-refractivity contribution in [3.8, 4) is 5.75 Å². The molecule has 0 heterocycles. The van der Waals surface area contributed by atoms with Gasteiger partial charge in [0.25, 0.3) is 0 Å². The second kappa shape index (κ2) is 3.80. The maximum atomic E-state index is 5.95. The second-order valence-corrected chi connectivity index (χ2v) is 4.45. The van der Waals surface area contributed by atoms with Crippen molar-refractivity contribution in [3.63, 3.8) is 0 Å². The second-order valence-electron chi connectivity index (χ2n) is 4.45. The normalized spacial score (nSPS) is 24.1. The lowest BCUT2D eigenvalue weighted by Gasteiger charge is -2.32. The van der Waals surface area contributed by atoms with Crippen molar-refractivity contribution in [1.82, 2.24) is 0 Å². The van der Waals surface area contributed by atoms with Crippen LogP contribution in [0.5, 0.6) is 5.75 Å². The molecule has 82 valence electrons. The number of hydrogen-bond acceptors (Lipinski definition) is 2. The van der Waals surface area contributed by atoms with E-state index >= 15 is 0 Å². The molecule has 1 saturated carbocycles. The SMILES string of the molecule is NC1CC(Oc2cccc3ccccc23)C1. The Hall–Kier alpha value is -1.54. The quantitative estimate of drug-likeness (QED) is 0.832. The van der Waals surface area contributed by atoms with E-state index in [0.717, 1.165) is 18.6 Å². The van der Waals surface area contributed by atoms with Crippen LogP contribution in [0.15, 0.2) is 42.5 Å². The average molecular weight is 213 g/mol. The lowest BCUT2D eigenvalue weighted by Crippen LogP contribution is -2.43. The van der Waals surface area contributed by atoms with Crippen LogP contribution >= 0.6 is 0 Å². The molecular weight excluding hydrogens is 198 g/mol. The number of rotatable bonds is 2. The Morgan fingerprint density at radius 1 is 1.00 bits per heavy atom. The number of fused-ring (bicyclic) bond motifs is 1. The molecule has 1 aliphatic rings. The third-order valence-corrected chi connectivity index (χ3v) is 3.17. The van der Waals surface area contributed by atoms with Crippen LogP contribution in [0.1, 0.15) is 12.8 Å². The van der Waals surface area contributed by atoms with Gasteiger partial charge in [-0.25, -0.2) is 0 Å². The summed E-state index contributed by atoms with van der Waals surface area (Å²) in [7, 11) is 0. The number of ether oxygens (including phenoxy) is 1. The maximum Gasteiger partial charge on any atom is 0.127 e. The summed E-state index contributed by atoms with van der Waals surface area (Å²) < 4.78 is 5.95. The van der Waals surface area contributed by atoms with Crippen LogP contribution in [0.25, 0.3) is 10.8 Å². The molecule has 0 amide bonds. The van der Waals surface area contributed by atoms with Gasteiger partial charge >= 0.3 is 0 Å². The molecule has 2 aromatic rings. The molecule has 3 rings (SSSR count). The summed E-state index contributed by atoms with van der Waals surface area (Å²) >= 11 is 0. The molecule has 0 atom stereocenters. The van der Waals surface area contributed by atoms with Crippen LogP contribution in [-0.4, -0.2) is 12.1 Å².